The molecule has 0 spiro atoms. The molecule has 1 amide bonds. The van der Waals surface area contributed by atoms with Gasteiger partial charge in [0.1, 0.15) is 5.75 Å². The van der Waals surface area contributed by atoms with Crippen LogP contribution in [0.3, 0.4) is 0 Å². The number of hydrogen-bond donors (Lipinski definition) is 1. The molecule has 2 aromatic rings. The molecule has 176 valence electrons. The van der Waals surface area contributed by atoms with Crippen LogP contribution in [0, 0.1) is 5.41 Å². The third-order valence-corrected chi connectivity index (χ3v) is 5.76. The van der Waals surface area contributed by atoms with E-state index in [1.807, 2.05) is 32.9 Å². The molecule has 32 heavy (non-hydrogen) atoms. The minimum atomic E-state index is -1.15. The van der Waals surface area contributed by atoms with Crippen molar-refractivity contribution in [3.8, 4) is 11.5 Å². The highest BCUT2D eigenvalue weighted by atomic mass is 16.5. The lowest BCUT2D eigenvalue weighted by atomic mass is 9.96. The summed E-state index contributed by atoms with van der Waals surface area (Å²) in [5.74, 6) is 1.36. The standard InChI is InChI=1S/C25H36N2O5/c1-6-7-14-31-21-20-15-18(32-17-10-8-9-11-17)12-13-19(20)23(28)27(16-25(2,3)4)22(21)26(5)24(29)30/h12-13,15,17H,6-11,14,16H2,1-5H3,(H,29,30). The van der Waals surface area contributed by atoms with Gasteiger partial charge in [-0.2, -0.15) is 0 Å². The predicted molar refractivity (Wildman–Crippen MR) is 127 cm³/mol. The zero-order chi connectivity index (χ0) is 23.5. The Kier molecular flexibility index (Phi) is 7.36. The van der Waals surface area contributed by atoms with Gasteiger partial charge in [-0.15, -0.1) is 0 Å². The fourth-order valence-corrected chi connectivity index (χ4v) is 4.16. The largest absolute Gasteiger partial charge is 0.490 e. The number of carbonyl (C=O) groups is 1. The quantitative estimate of drug-likeness (QED) is 0.531. The van der Waals surface area contributed by atoms with Crippen LogP contribution in [0.1, 0.15) is 66.2 Å². The molecule has 1 N–H and O–H groups in total. The Morgan fingerprint density at radius 2 is 1.91 bits per heavy atom. The van der Waals surface area contributed by atoms with Gasteiger partial charge in [0.2, 0.25) is 0 Å². The van der Waals surface area contributed by atoms with Crippen LogP contribution in [0.15, 0.2) is 23.0 Å². The first-order valence-corrected chi connectivity index (χ1v) is 11.6. The molecule has 0 aliphatic heterocycles. The fourth-order valence-electron chi connectivity index (χ4n) is 4.16. The Balaban J connectivity index is 2.24. The van der Waals surface area contributed by atoms with Crippen molar-refractivity contribution < 1.29 is 19.4 Å². The fraction of sp³-hybridized carbons (Fsp3) is 0.600. The number of anilines is 1. The normalized spacial score (nSPS) is 14.7. The van der Waals surface area contributed by atoms with Gasteiger partial charge < -0.3 is 14.6 Å². The van der Waals surface area contributed by atoms with Crippen LogP contribution in [0.4, 0.5) is 10.6 Å². The van der Waals surface area contributed by atoms with Crippen molar-refractivity contribution in [1.29, 1.82) is 0 Å². The zero-order valence-corrected chi connectivity index (χ0v) is 19.9. The van der Waals surface area contributed by atoms with E-state index < -0.39 is 6.09 Å². The molecule has 1 aliphatic rings. The number of carboxylic acid groups (broad SMARTS) is 1. The van der Waals surface area contributed by atoms with E-state index in [0.717, 1.165) is 43.4 Å². The number of fused-ring (bicyclic) bond motifs is 1. The monoisotopic (exact) mass is 444 g/mol. The highest BCUT2D eigenvalue weighted by Gasteiger charge is 2.27. The first kappa shape index (κ1) is 24.0. The number of nitrogens with zero attached hydrogens (tertiary/aromatic N) is 2. The minimum Gasteiger partial charge on any atom is -0.490 e. The Hall–Kier alpha value is -2.70. The second-order valence-electron chi connectivity index (χ2n) is 9.88. The second kappa shape index (κ2) is 9.84. The van der Waals surface area contributed by atoms with Crippen molar-refractivity contribution in [2.75, 3.05) is 18.6 Å². The highest BCUT2D eigenvalue weighted by Crippen LogP contribution is 2.38. The van der Waals surface area contributed by atoms with Crippen molar-refractivity contribution in [3.63, 3.8) is 0 Å². The zero-order valence-electron chi connectivity index (χ0n) is 19.9. The summed E-state index contributed by atoms with van der Waals surface area (Å²) in [5.41, 5.74) is -0.467. The number of unbranched alkanes of at least 4 members (excludes halogenated alkanes) is 1. The molecule has 1 aromatic carbocycles. The summed E-state index contributed by atoms with van der Waals surface area (Å²) in [5, 5.41) is 10.9. The third kappa shape index (κ3) is 5.37. The van der Waals surface area contributed by atoms with Crippen LogP contribution in [0.25, 0.3) is 10.8 Å². The summed E-state index contributed by atoms with van der Waals surface area (Å²) in [4.78, 5) is 26.6. The van der Waals surface area contributed by atoms with E-state index in [9.17, 15) is 14.7 Å². The van der Waals surface area contributed by atoms with Crippen LogP contribution in [-0.4, -0.2) is 35.5 Å². The van der Waals surface area contributed by atoms with Crippen LogP contribution >= 0.6 is 0 Å². The van der Waals surface area contributed by atoms with Gasteiger partial charge in [-0.25, -0.2) is 4.79 Å². The summed E-state index contributed by atoms with van der Waals surface area (Å²) in [7, 11) is 1.45. The molecule has 1 saturated carbocycles. The summed E-state index contributed by atoms with van der Waals surface area (Å²) in [6.07, 6.45) is 5.18. The van der Waals surface area contributed by atoms with Crippen LogP contribution < -0.4 is 19.9 Å². The van der Waals surface area contributed by atoms with E-state index in [1.165, 1.54) is 11.6 Å². The third-order valence-electron chi connectivity index (χ3n) is 5.76. The molecular weight excluding hydrogens is 408 g/mol. The number of amides is 1. The first-order chi connectivity index (χ1) is 15.1. The number of aromatic nitrogens is 1. The molecule has 7 heteroatoms. The lowest BCUT2D eigenvalue weighted by molar-refractivity contribution is 0.202. The van der Waals surface area contributed by atoms with Gasteiger partial charge in [0, 0.05) is 19.0 Å². The van der Waals surface area contributed by atoms with Gasteiger partial charge in [0.15, 0.2) is 11.6 Å². The molecule has 1 aliphatic carbocycles. The van der Waals surface area contributed by atoms with Gasteiger partial charge in [0.05, 0.1) is 18.1 Å². The number of pyridine rings is 1. The lowest BCUT2D eigenvalue weighted by Gasteiger charge is -2.28. The minimum absolute atomic E-state index is 0.180. The van der Waals surface area contributed by atoms with E-state index >= 15 is 0 Å². The molecule has 7 nitrogen and oxygen atoms in total. The molecule has 1 aromatic heterocycles. The smallest absolute Gasteiger partial charge is 0.412 e. The van der Waals surface area contributed by atoms with E-state index in [2.05, 4.69) is 6.92 Å². The van der Waals surface area contributed by atoms with Gasteiger partial charge in [-0.1, -0.05) is 34.1 Å². The lowest BCUT2D eigenvalue weighted by Crippen LogP contribution is -2.35. The van der Waals surface area contributed by atoms with Gasteiger partial charge in [0.25, 0.3) is 5.56 Å². The summed E-state index contributed by atoms with van der Waals surface area (Å²) in [6.45, 7) is 8.92. The molecule has 0 unspecified atom stereocenters. The van der Waals surface area contributed by atoms with Crippen molar-refractivity contribution in [2.45, 2.75) is 78.9 Å². The summed E-state index contributed by atoms with van der Waals surface area (Å²) < 4.78 is 13.9. The highest BCUT2D eigenvalue weighted by molar-refractivity contribution is 5.97. The summed E-state index contributed by atoms with van der Waals surface area (Å²) >= 11 is 0. The Labute approximate surface area is 189 Å². The Morgan fingerprint density at radius 3 is 2.50 bits per heavy atom. The molecule has 3 rings (SSSR count). The maximum atomic E-state index is 13.5. The van der Waals surface area contributed by atoms with Gasteiger partial charge in [-0.3, -0.25) is 14.3 Å². The first-order valence-electron chi connectivity index (χ1n) is 11.6. The van der Waals surface area contributed by atoms with Crippen molar-refractivity contribution >= 4 is 22.7 Å². The topological polar surface area (TPSA) is 81.0 Å². The Bertz CT molecular complexity index is 1020. The summed E-state index contributed by atoms with van der Waals surface area (Å²) in [6, 6.07) is 5.44. The predicted octanol–water partition coefficient (Wildman–Crippen LogP) is 5.66. The van der Waals surface area contributed by atoms with Crippen LogP contribution in [-0.2, 0) is 6.54 Å². The average Bonchev–Trinajstić information content (AvgIpc) is 3.23. The van der Waals surface area contributed by atoms with Gasteiger partial charge >= 0.3 is 6.09 Å². The van der Waals surface area contributed by atoms with E-state index in [0.29, 0.717) is 35.4 Å². The molecule has 0 saturated heterocycles. The number of hydrogen-bond acceptors (Lipinski definition) is 4. The van der Waals surface area contributed by atoms with Gasteiger partial charge in [-0.05, 0) is 55.7 Å². The number of ether oxygens (including phenoxy) is 2. The van der Waals surface area contributed by atoms with Crippen LogP contribution in [0.2, 0.25) is 0 Å². The van der Waals surface area contributed by atoms with Crippen molar-refractivity contribution in [1.82, 2.24) is 4.57 Å². The van der Waals surface area contributed by atoms with Crippen LogP contribution in [0.5, 0.6) is 11.5 Å². The van der Waals surface area contributed by atoms with E-state index in [1.54, 1.807) is 6.07 Å². The van der Waals surface area contributed by atoms with E-state index in [4.69, 9.17) is 9.47 Å². The van der Waals surface area contributed by atoms with Crippen molar-refractivity contribution in [2.24, 2.45) is 5.41 Å². The van der Waals surface area contributed by atoms with Crippen molar-refractivity contribution in [3.05, 3.63) is 28.6 Å². The number of benzene rings is 1. The average molecular weight is 445 g/mol. The molecule has 0 atom stereocenters. The molecule has 0 bridgehead atoms. The maximum absolute atomic E-state index is 13.5. The SMILES string of the molecule is CCCCOc1c(N(C)C(=O)O)n(CC(C)(C)C)c(=O)c2ccc(OC3CCCC3)cc12. The molecule has 0 radical (unpaired) electrons. The molecule has 1 heterocycles. The number of rotatable bonds is 8. The molecule has 1 fully saturated rings. The second-order valence-corrected chi connectivity index (χ2v) is 9.88. The maximum Gasteiger partial charge on any atom is 0.412 e. The Morgan fingerprint density at radius 1 is 1.22 bits per heavy atom. The van der Waals surface area contributed by atoms with E-state index in [-0.39, 0.29) is 22.9 Å². The molecular formula is C25H36N2O5.